The van der Waals surface area contributed by atoms with Crippen LogP contribution in [0.2, 0.25) is 0 Å². The lowest BCUT2D eigenvalue weighted by Crippen LogP contribution is -2.55. The van der Waals surface area contributed by atoms with E-state index in [-0.39, 0.29) is 6.54 Å². The maximum absolute atomic E-state index is 12.0. The lowest BCUT2D eigenvalue weighted by Gasteiger charge is -2.33. The summed E-state index contributed by atoms with van der Waals surface area (Å²) in [5.74, 6) is -1.70. The molecule has 0 fully saturated rings. The Morgan fingerprint density at radius 2 is 1.76 bits per heavy atom. The van der Waals surface area contributed by atoms with Gasteiger partial charge in [0.25, 0.3) is 0 Å². The smallest absolute Gasteiger partial charge is 0.307 e. The van der Waals surface area contributed by atoms with Crippen LogP contribution in [0.1, 0.15) is 20.3 Å². The maximum atomic E-state index is 12.0. The fourth-order valence-electron chi connectivity index (χ4n) is 1.74. The number of carboxylic acids is 1. The third-order valence-corrected chi connectivity index (χ3v) is 2.39. The monoisotopic (exact) mass is 244 g/mol. The SMILES string of the molecule is CC=C(C)C(=O)C(O)(CC(=O)O)C[N+](C)(C)C. The van der Waals surface area contributed by atoms with Crippen LogP contribution in [-0.2, 0) is 9.59 Å². The van der Waals surface area contributed by atoms with Crippen LogP contribution < -0.4 is 0 Å². The van der Waals surface area contributed by atoms with Gasteiger partial charge >= 0.3 is 5.97 Å². The summed E-state index contributed by atoms with van der Waals surface area (Å²) in [6.07, 6.45) is 0.997. The van der Waals surface area contributed by atoms with Crippen LogP contribution >= 0.6 is 0 Å². The van der Waals surface area contributed by atoms with E-state index < -0.39 is 23.8 Å². The number of nitrogens with zero attached hydrogens (tertiary/aromatic N) is 1. The minimum Gasteiger partial charge on any atom is -0.481 e. The van der Waals surface area contributed by atoms with E-state index in [0.717, 1.165) is 0 Å². The molecule has 0 spiro atoms. The molecule has 0 aromatic rings. The summed E-state index contributed by atoms with van der Waals surface area (Å²) in [5, 5.41) is 19.1. The van der Waals surface area contributed by atoms with Gasteiger partial charge in [-0.3, -0.25) is 9.59 Å². The number of carbonyl (C=O) groups excluding carboxylic acids is 1. The molecule has 98 valence electrons. The topological polar surface area (TPSA) is 74.6 Å². The number of allylic oxidation sites excluding steroid dienone is 1. The second-order valence-corrected chi connectivity index (χ2v) is 5.35. The summed E-state index contributed by atoms with van der Waals surface area (Å²) >= 11 is 0. The van der Waals surface area contributed by atoms with E-state index in [1.807, 2.05) is 0 Å². The van der Waals surface area contributed by atoms with Crippen molar-refractivity contribution in [1.82, 2.24) is 0 Å². The van der Waals surface area contributed by atoms with Gasteiger partial charge < -0.3 is 14.7 Å². The molecule has 5 nitrogen and oxygen atoms in total. The zero-order valence-corrected chi connectivity index (χ0v) is 11.1. The van der Waals surface area contributed by atoms with Crippen molar-refractivity contribution in [1.29, 1.82) is 0 Å². The third kappa shape index (κ3) is 5.10. The van der Waals surface area contributed by atoms with Crippen LogP contribution in [0.25, 0.3) is 0 Å². The molecular weight excluding hydrogens is 222 g/mol. The van der Waals surface area contributed by atoms with Gasteiger partial charge in [-0.25, -0.2) is 0 Å². The number of hydrogen-bond acceptors (Lipinski definition) is 3. The number of likely N-dealkylation sites (N-methyl/N-ethyl adjacent to an activating group) is 1. The van der Waals surface area contributed by atoms with E-state index in [1.165, 1.54) is 0 Å². The predicted octanol–water partition coefficient (Wildman–Crippen LogP) is 0.434. The highest BCUT2D eigenvalue weighted by Crippen LogP contribution is 2.20. The third-order valence-electron chi connectivity index (χ3n) is 2.39. The van der Waals surface area contributed by atoms with Crippen LogP contribution in [0.5, 0.6) is 0 Å². The zero-order valence-electron chi connectivity index (χ0n) is 11.1. The lowest BCUT2D eigenvalue weighted by atomic mass is 9.89. The fraction of sp³-hybridized carbons (Fsp3) is 0.667. The first-order chi connectivity index (χ1) is 7.52. The highest BCUT2D eigenvalue weighted by Gasteiger charge is 2.43. The number of hydrogen-bond donors (Lipinski definition) is 2. The van der Waals surface area contributed by atoms with Gasteiger partial charge in [0.15, 0.2) is 11.4 Å². The fourth-order valence-corrected chi connectivity index (χ4v) is 1.74. The molecule has 5 heteroatoms. The molecule has 0 saturated heterocycles. The lowest BCUT2D eigenvalue weighted by molar-refractivity contribution is -0.875. The zero-order chi connectivity index (χ0) is 13.9. The van der Waals surface area contributed by atoms with Crippen LogP contribution in [0.4, 0.5) is 0 Å². The van der Waals surface area contributed by atoms with Crippen molar-refractivity contribution in [2.75, 3.05) is 27.7 Å². The minimum absolute atomic E-state index is 0.0588. The molecule has 0 heterocycles. The highest BCUT2D eigenvalue weighted by molar-refractivity contribution is 6.03. The number of carboxylic acid groups (broad SMARTS) is 1. The number of carbonyl (C=O) groups is 2. The average Bonchev–Trinajstić information content (AvgIpc) is 2.10. The molecule has 2 N–H and O–H groups in total. The van der Waals surface area contributed by atoms with Crippen molar-refractivity contribution >= 4 is 11.8 Å². The second kappa shape index (κ2) is 5.42. The van der Waals surface area contributed by atoms with Crippen molar-refractivity contribution < 1.29 is 24.3 Å². The summed E-state index contributed by atoms with van der Waals surface area (Å²) in [6, 6.07) is 0. The van der Waals surface area contributed by atoms with Gasteiger partial charge in [0.05, 0.1) is 27.6 Å². The number of ketones is 1. The van der Waals surface area contributed by atoms with Crippen molar-refractivity contribution in [3.8, 4) is 0 Å². The Balaban J connectivity index is 5.24. The Kier molecular flexibility index (Phi) is 5.04. The van der Waals surface area contributed by atoms with Crippen LogP contribution in [0.15, 0.2) is 11.6 Å². The predicted molar refractivity (Wildman–Crippen MR) is 64.5 cm³/mol. The van der Waals surface area contributed by atoms with Gasteiger partial charge in [-0.15, -0.1) is 0 Å². The number of quaternary nitrogens is 1. The number of aliphatic carboxylic acids is 1. The molecule has 0 aromatic carbocycles. The van der Waals surface area contributed by atoms with Crippen LogP contribution in [0.3, 0.4) is 0 Å². The summed E-state index contributed by atoms with van der Waals surface area (Å²) in [7, 11) is 5.39. The van der Waals surface area contributed by atoms with E-state index in [4.69, 9.17) is 5.11 Å². The normalized spacial score (nSPS) is 16.5. The molecule has 17 heavy (non-hydrogen) atoms. The summed E-state index contributed by atoms with van der Waals surface area (Å²) in [4.78, 5) is 22.8. The Bertz CT molecular complexity index is 341. The Morgan fingerprint density at radius 3 is 2.06 bits per heavy atom. The van der Waals surface area contributed by atoms with Gasteiger partial charge in [-0.05, 0) is 19.4 Å². The molecule has 0 aromatic heterocycles. The number of rotatable bonds is 6. The molecule has 0 aliphatic rings. The molecule has 1 unspecified atom stereocenters. The Morgan fingerprint density at radius 1 is 1.29 bits per heavy atom. The highest BCUT2D eigenvalue weighted by atomic mass is 16.4. The van der Waals surface area contributed by atoms with Crippen molar-refractivity contribution in [3.05, 3.63) is 11.6 Å². The van der Waals surface area contributed by atoms with E-state index >= 15 is 0 Å². The molecular formula is C12H22NO4+. The first-order valence-electron chi connectivity index (χ1n) is 5.44. The van der Waals surface area contributed by atoms with Gasteiger partial charge in [-0.2, -0.15) is 0 Å². The Labute approximate surface area is 102 Å². The molecule has 0 radical (unpaired) electrons. The standard InChI is InChI=1S/C12H21NO4/c1-6-9(2)11(16)12(17,7-10(14)15)8-13(3,4)5/h6,17H,7-8H2,1-5H3/p+1. The Hall–Kier alpha value is -1.20. The first-order valence-corrected chi connectivity index (χ1v) is 5.44. The average molecular weight is 244 g/mol. The molecule has 0 bridgehead atoms. The number of Topliss-reactive ketones (excluding diaryl/α,β-unsaturated/α-hetero) is 1. The summed E-state index contributed by atoms with van der Waals surface area (Å²) in [6.45, 7) is 3.31. The molecule has 0 saturated carbocycles. The minimum atomic E-state index is -1.85. The second-order valence-electron chi connectivity index (χ2n) is 5.35. The molecule has 0 aliphatic heterocycles. The van der Waals surface area contributed by atoms with Crippen LogP contribution in [0, 0.1) is 0 Å². The van der Waals surface area contributed by atoms with Gasteiger partial charge in [-0.1, -0.05) is 6.08 Å². The number of aliphatic hydroxyl groups is 1. The van der Waals surface area contributed by atoms with E-state index in [2.05, 4.69) is 0 Å². The van der Waals surface area contributed by atoms with E-state index in [9.17, 15) is 14.7 Å². The molecule has 1 atom stereocenters. The van der Waals surface area contributed by atoms with Gasteiger partial charge in [0.2, 0.25) is 0 Å². The van der Waals surface area contributed by atoms with Crippen molar-refractivity contribution in [2.24, 2.45) is 0 Å². The van der Waals surface area contributed by atoms with Crippen LogP contribution in [-0.4, -0.2) is 59.7 Å². The van der Waals surface area contributed by atoms with Gasteiger partial charge in [0, 0.05) is 0 Å². The van der Waals surface area contributed by atoms with Crippen molar-refractivity contribution in [3.63, 3.8) is 0 Å². The summed E-state index contributed by atoms with van der Waals surface area (Å²) < 4.78 is 0.312. The van der Waals surface area contributed by atoms with E-state index in [1.54, 1.807) is 41.1 Å². The quantitative estimate of drug-likeness (QED) is 0.525. The van der Waals surface area contributed by atoms with Crippen molar-refractivity contribution in [2.45, 2.75) is 25.9 Å². The molecule has 0 rings (SSSR count). The van der Waals surface area contributed by atoms with Gasteiger partial charge in [0.1, 0.15) is 6.54 Å². The van der Waals surface area contributed by atoms with E-state index in [0.29, 0.717) is 10.1 Å². The maximum Gasteiger partial charge on any atom is 0.307 e. The molecule has 0 aliphatic carbocycles. The summed E-state index contributed by atoms with van der Waals surface area (Å²) in [5.41, 5.74) is -1.47. The largest absolute Gasteiger partial charge is 0.481 e. The molecule has 0 amide bonds. The first kappa shape index (κ1) is 15.8.